The highest BCUT2D eigenvalue weighted by Gasteiger charge is 2.22. The standard InChI is InChI=1S/C18H32N4O6/c1-11(2)7-14(23)20-10-16(25)22-13(5-6-17(26)27)18(28)21-9-15(24)19-8-12(3)4/h11-13H,5-10H2,1-4H3,(H,19,24)(H,20,23)(H,21,28)(H,22,25)(H,26,27)/t13-/m0/s1. The maximum Gasteiger partial charge on any atom is 0.303 e. The molecule has 4 amide bonds. The topological polar surface area (TPSA) is 154 Å². The number of carboxylic acid groups (broad SMARTS) is 1. The van der Waals surface area contributed by atoms with Gasteiger partial charge in [0.1, 0.15) is 6.04 Å². The summed E-state index contributed by atoms with van der Waals surface area (Å²) in [6, 6.07) is -1.12. The van der Waals surface area contributed by atoms with Crippen LogP contribution in [-0.2, 0) is 24.0 Å². The lowest BCUT2D eigenvalue weighted by Gasteiger charge is -2.18. The van der Waals surface area contributed by atoms with Crippen molar-refractivity contribution in [2.24, 2.45) is 11.8 Å². The summed E-state index contributed by atoms with van der Waals surface area (Å²) in [4.78, 5) is 58.2. The zero-order valence-corrected chi connectivity index (χ0v) is 17.0. The van der Waals surface area contributed by atoms with Gasteiger partial charge in [-0.2, -0.15) is 0 Å². The molecule has 10 heteroatoms. The molecule has 0 saturated heterocycles. The second-order valence-electron chi connectivity index (χ2n) is 7.34. The third-order valence-electron chi connectivity index (χ3n) is 3.47. The number of aliphatic carboxylic acids is 1. The Hall–Kier alpha value is -2.65. The monoisotopic (exact) mass is 400 g/mol. The lowest BCUT2D eigenvalue weighted by Crippen LogP contribution is -2.51. The fraction of sp³-hybridized carbons (Fsp3) is 0.722. The minimum absolute atomic E-state index is 0.138. The van der Waals surface area contributed by atoms with Crippen LogP contribution in [0.25, 0.3) is 0 Å². The molecule has 0 aromatic rings. The molecule has 0 heterocycles. The molecule has 0 unspecified atom stereocenters. The highest BCUT2D eigenvalue weighted by atomic mass is 16.4. The van der Waals surface area contributed by atoms with Crippen molar-refractivity contribution in [2.45, 2.75) is 53.0 Å². The van der Waals surface area contributed by atoms with Crippen molar-refractivity contribution in [1.82, 2.24) is 21.3 Å². The number of carbonyl (C=O) groups is 5. The van der Waals surface area contributed by atoms with E-state index in [0.717, 1.165) is 0 Å². The number of carbonyl (C=O) groups excluding carboxylic acids is 4. The summed E-state index contributed by atoms with van der Waals surface area (Å²) in [6.45, 7) is 7.44. The molecule has 10 nitrogen and oxygen atoms in total. The Morgan fingerprint density at radius 1 is 0.786 bits per heavy atom. The number of hydrogen-bond donors (Lipinski definition) is 5. The molecule has 0 aliphatic carbocycles. The second kappa shape index (κ2) is 13.5. The van der Waals surface area contributed by atoms with Gasteiger partial charge in [0.15, 0.2) is 0 Å². The Kier molecular flexibility index (Phi) is 12.2. The van der Waals surface area contributed by atoms with Gasteiger partial charge in [-0.15, -0.1) is 0 Å². The SMILES string of the molecule is CC(C)CNC(=O)CNC(=O)[C@H](CCC(=O)O)NC(=O)CNC(=O)CC(C)C. The van der Waals surface area contributed by atoms with Crippen molar-refractivity contribution in [3.63, 3.8) is 0 Å². The van der Waals surface area contributed by atoms with Crippen LogP contribution < -0.4 is 21.3 Å². The second-order valence-corrected chi connectivity index (χ2v) is 7.34. The van der Waals surface area contributed by atoms with Crippen molar-refractivity contribution in [1.29, 1.82) is 0 Å². The van der Waals surface area contributed by atoms with E-state index in [4.69, 9.17) is 5.11 Å². The Bertz CT molecular complexity index is 562. The average Bonchev–Trinajstić information content (AvgIpc) is 2.58. The van der Waals surface area contributed by atoms with Crippen LogP contribution in [0.2, 0.25) is 0 Å². The molecular formula is C18H32N4O6. The lowest BCUT2D eigenvalue weighted by atomic mass is 10.1. The largest absolute Gasteiger partial charge is 0.481 e. The normalized spacial score (nSPS) is 11.6. The molecule has 0 spiro atoms. The van der Waals surface area contributed by atoms with Gasteiger partial charge in [0.2, 0.25) is 23.6 Å². The van der Waals surface area contributed by atoms with Gasteiger partial charge >= 0.3 is 5.97 Å². The first kappa shape index (κ1) is 25.4. The Morgan fingerprint density at radius 2 is 1.39 bits per heavy atom. The zero-order chi connectivity index (χ0) is 21.7. The van der Waals surface area contributed by atoms with Gasteiger partial charge in [0.25, 0.3) is 0 Å². The van der Waals surface area contributed by atoms with E-state index in [-0.39, 0.29) is 56.0 Å². The van der Waals surface area contributed by atoms with Crippen molar-refractivity contribution in [3.8, 4) is 0 Å². The maximum atomic E-state index is 12.2. The minimum Gasteiger partial charge on any atom is -0.481 e. The van der Waals surface area contributed by atoms with E-state index in [0.29, 0.717) is 6.54 Å². The summed E-state index contributed by atoms with van der Waals surface area (Å²) in [5.74, 6) is -2.68. The molecule has 0 aromatic heterocycles. The number of hydrogen-bond acceptors (Lipinski definition) is 5. The van der Waals surface area contributed by atoms with Gasteiger partial charge in [-0.1, -0.05) is 27.7 Å². The van der Waals surface area contributed by atoms with Crippen LogP contribution in [0, 0.1) is 11.8 Å². The summed E-state index contributed by atoms with van der Waals surface area (Å²) in [5, 5.41) is 18.7. The average molecular weight is 400 g/mol. The Balaban J connectivity index is 4.59. The summed E-state index contributed by atoms with van der Waals surface area (Å²) in [7, 11) is 0. The highest BCUT2D eigenvalue weighted by Crippen LogP contribution is 1.99. The predicted octanol–water partition coefficient (Wildman–Crippen LogP) is -0.613. The molecule has 0 saturated carbocycles. The van der Waals surface area contributed by atoms with Crippen LogP contribution in [0.3, 0.4) is 0 Å². The molecule has 0 aromatic carbocycles. The van der Waals surface area contributed by atoms with Crippen LogP contribution in [0.4, 0.5) is 0 Å². The minimum atomic E-state index is -1.12. The quantitative estimate of drug-likeness (QED) is 0.278. The van der Waals surface area contributed by atoms with Crippen LogP contribution in [0.5, 0.6) is 0 Å². The van der Waals surface area contributed by atoms with E-state index in [1.54, 1.807) is 0 Å². The van der Waals surface area contributed by atoms with Crippen molar-refractivity contribution < 1.29 is 29.1 Å². The molecular weight excluding hydrogens is 368 g/mol. The van der Waals surface area contributed by atoms with E-state index in [1.807, 2.05) is 27.7 Å². The molecule has 1 atom stereocenters. The molecule has 0 radical (unpaired) electrons. The van der Waals surface area contributed by atoms with Gasteiger partial charge in [-0.05, 0) is 18.3 Å². The van der Waals surface area contributed by atoms with E-state index in [1.165, 1.54) is 0 Å². The molecule has 5 N–H and O–H groups in total. The van der Waals surface area contributed by atoms with Gasteiger partial charge in [0.05, 0.1) is 13.1 Å². The van der Waals surface area contributed by atoms with Crippen molar-refractivity contribution in [2.75, 3.05) is 19.6 Å². The van der Waals surface area contributed by atoms with Crippen LogP contribution in [0.15, 0.2) is 0 Å². The molecule has 0 aliphatic rings. The van der Waals surface area contributed by atoms with E-state index in [9.17, 15) is 24.0 Å². The van der Waals surface area contributed by atoms with Gasteiger partial charge in [0, 0.05) is 19.4 Å². The first-order chi connectivity index (χ1) is 13.0. The molecule has 0 fully saturated rings. The predicted molar refractivity (Wildman–Crippen MR) is 102 cm³/mol. The van der Waals surface area contributed by atoms with Crippen LogP contribution in [-0.4, -0.2) is 60.4 Å². The summed E-state index contributed by atoms with van der Waals surface area (Å²) >= 11 is 0. The molecule has 160 valence electrons. The number of carboxylic acids is 1. The van der Waals surface area contributed by atoms with Crippen LogP contribution in [0.1, 0.15) is 47.0 Å². The third kappa shape index (κ3) is 13.5. The lowest BCUT2D eigenvalue weighted by molar-refractivity contribution is -0.138. The zero-order valence-electron chi connectivity index (χ0n) is 17.0. The fourth-order valence-electron chi connectivity index (χ4n) is 2.07. The van der Waals surface area contributed by atoms with Gasteiger partial charge < -0.3 is 26.4 Å². The smallest absolute Gasteiger partial charge is 0.303 e. The highest BCUT2D eigenvalue weighted by molar-refractivity contribution is 5.92. The summed E-state index contributed by atoms with van der Waals surface area (Å²) in [6.07, 6.45) is -0.209. The van der Waals surface area contributed by atoms with Gasteiger partial charge in [-0.25, -0.2) is 0 Å². The van der Waals surface area contributed by atoms with Crippen molar-refractivity contribution >= 4 is 29.6 Å². The van der Waals surface area contributed by atoms with E-state index in [2.05, 4.69) is 21.3 Å². The van der Waals surface area contributed by atoms with E-state index >= 15 is 0 Å². The van der Waals surface area contributed by atoms with E-state index < -0.39 is 23.8 Å². The molecule has 28 heavy (non-hydrogen) atoms. The first-order valence-electron chi connectivity index (χ1n) is 9.33. The van der Waals surface area contributed by atoms with Crippen molar-refractivity contribution in [3.05, 3.63) is 0 Å². The van der Waals surface area contributed by atoms with Crippen LogP contribution >= 0.6 is 0 Å². The fourth-order valence-corrected chi connectivity index (χ4v) is 2.07. The maximum absolute atomic E-state index is 12.2. The Morgan fingerprint density at radius 3 is 1.93 bits per heavy atom. The molecule has 0 bridgehead atoms. The van der Waals surface area contributed by atoms with Gasteiger partial charge in [-0.3, -0.25) is 24.0 Å². The summed E-state index contributed by atoms with van der Waals surface area (Å²) in [5.41, 5.74) is 0. The number of rotatable bonds is 13. The molecule has 0 aliphatic heterocycles. The summed E-state index contributed by atoms with van der Waals surface area (Å²) < 4.78 is 0. The number of amides is 4. The number of nitrogens with one attached hydrogen (secondary N) is 4. The molecule has 0 rings (SSSR count). The Labute approximate surface area is 165 Å². The first-order valence-corrected chi connectivity index (χ1v) is 9.33. The third-order valence-corrected chi connectivity index (χ3v) is 3.47.